The number of nitrogens with one attached hydrogen (secondary N) is 2. The molecule has 0 aliphatic heterocycles. The molecule has 0 saturated carbocycles. The van der Waals surface area contributed by atoms with Gasteiger partial charge >= 0.3 is 12.0 Å². The quantitative estimate of drug-likeness (QED) is 0.749. The molecule has 0 aromatic heterocycles. The Labute approximate surface area is 106 Å². The summed E-state index contributed by atoms with van der Waals surface area (Å²) in [4.78, 5) is 22.5. The molecule has 1 aromatic carbocycles. The zero-order chi connectivity index (χ0) is 13.5. The van der Waals surface area contributed by atoms with E-state index in [0.29, 0.717) is 12.1 Å². The average molecular weight is 250 g/mol. The van der Waals surface area contributed by atoms with Crippen molar-refractivity contribution < 1.29 is 14.7 Å². The first-order chi connectivity index (χ1) is 8.58. The molecule has 1 rings (SSSR count). The molecule has 5 nitrogen and oxygen atoms in total. The van der Waals surface area contributed by atoms with E-state index in [1.54, 1.807) is 13.0 Å². The number of hydrogen-bond acceptors (Lipinski definition) is 2. The molecule has 0 radical (unpaired) electrons. The fourth-order valence-electron chi connectivity index (χ4n) is 1.61. The van der Waals surface area contributed by atoms with Gasteiger partial charge in [-0.2, -0.15) is 0 Å². The monoisotopic (exact) mass is 250 g/mol. The van der Waals surface area contributed by atoms with Crippen LogP contribution in [-0.4, -0.2) is 23.1 Å². The van der Waals surface area contributed by atoms with E-state index in [-0.39, 0.29) is 0 Å². The molecule has 1 atom stereocenters. The van der Waals surface area contributed by atoms with Crippen LogP contribution in [0.5, 0.6) is 0 Å². The molecular weight excluding hydrogens is 232 g/mol. The number of urea groups is 1. The molecule has 18 heavy (non-hydrogen) atoms. The summed E-state index contributed by atoms with van der Waals surface area (Å²) in [6, 6.07) is 6.07. The van der Waals surface area contributed by atoms with E-state index in [9.17, 15) is 9.59 Å². The Morgan fingerprint density at radius 3 is 2.50 bits per heavy atom. The van der Waals surface area contributed by atoms with E-state index in [1.165, 1.54) is 0 Å². The van der Waals surface area contributed by atoms with Crippen LogP contribution < -0.4 is 10.6 Å². The van der Waals surface area contributed by atoms with Crippen LogP contribution in [0.4, 0.5) is 10.5 Å². The lowest BCUT2D eigenvalue weighted by atomic mass is 10.1. The summed E-state index contributed by atoms with van der Waals surface area (Å²) in [6.07, 6.45) is 1.14. The van der Waals surface area contributed by atoms with Gasteiger partial charge < -0.3 is 15.7 Å². The van der Waals surface area contributed by atoms with Gasteiger partial charge in [0.25, 0.3) is 0 Å². The first-order valence-corrected chi connectivity index (χ1v) is 5.96. The van der Waals surface area contributed by atoms with Gasteiger partial charge in [-0.05, 0) is 24.5 Å². The summed E-state index contributed by atoms with van der Waals surface area (Å²) in [6.45, 7) is 3.70. The summed E-state index contributed by atoms with van der Waals surface area (Å²) in [5, 5.41) is 13.9. The second-order valence-corrected chi connectivity index (χ2v) is 3.91. The number of para-hydroxylation sites is 1. The number of benzene rings is 1. The summed E-state index contributed by atoms with van der Waals surface area (Å²) in [5.41, 5.74) is 1.72. The van der Waals surface area contributed by atoms with Crippen molar-refractivity contribution in [3.63, 3.8) is 0 Å². The van der Waals surface area contributed by atoms with Crippen molar-refractivity contribution in [1.29, 1.82) is 0 Å². The van der Waals surface area contributed by atoms with Crippen LogP contribution >= 0.6 is 0 Å². The zero-order valence-electron chi connectivity index (χ0n) is 10.6. The smallest absolute Gasteiger partial charge is 0.326 e. The zero-order valence-corrected chi connectivity index (χ0v) is 10.6. The first kappa shape index (κ1) is 14.0. The lowest BCUT2D eigenvalue weighted by Crippen LogP contribution is -2.42. The highest BCUT2D eigenvalue weighted by Gasteiger charge is 2.17. The van der Waals surface area contributed by atoms with Crippen molar-refractivity contribution in [2.75, 3.05) is 5.32 Å². The fraction of sp³-hybridized carbons (Fsp3) is 0.385. The molecule has 5 heteroatoms. The Kier molecular flexibility index (Phi) is 5.17. The Bertz CT molecular complexity index is 432. The predicted octanol–water partition coefficient (Wildman–Crippen LogP) is 2.23. The third-order valence-corrected chi connectivity index (χ3v) is 2.66. The Morgan fingerprint density at radius 2 is 1.94 bits per heavy atom. The van der Waals surface area contributed by atoms with E-state index in [0.717, 1.165) is 12.0 Å². The summed E-state index contributed by atoms with van der Waals surface area (Å²) in [5.74, 6) is -1.03. The summed E-state index contributed by atoms with van der Waals surface area (Å²) in [7, 11) is 0. The summed E-state index contributed by atoms with van der Waals surface area (Å²) >= 11 is 0. The molecule has 0 bridgehead atoms. The van der Waals surface area contributed by atoms with Gasteiger partial charge in [0.05, 0.1) is 0 Å². The van der Waals surface area contributed by atoms with Crippen molar-refractivity contribution >= 4 is 17.7 Å². The number of aryl methyl sites for hydroxylation is 1. The molecule has 0 saturated heterocycles. The molecular formula is C13H18N2O3. The highest BCUT2D eigenvalue weighted by atomic mass is 16.4. The third kappa shape index (κ3) is 3.76. The molecule has 0 spiro atoms. The lowest BCUT2D eigenvalue weighted by molar-refractivity contribution is -0.139. The number of anilines is 1. The van der Waals surface area contributed by atoms with E-state index in [2.05, 4.69) is 10.6 Å². The topological polar surface area (TPSA) is 78.4 Å². The molecule has 0 heterocycles. The number of carboxylic acid groups (broad SMARTS) is 1. The molecule has 0 aliphatic rings. The Balaban J connectivity index is 2.67. The third-order valence-electron chi connectivity index (χ3n) is 2.66. The van der Waals surface area contributed by atoms with Crippen molar-refractivity contribution in [3.8, 4) is 0 Å². The standard InChI is InChI=1S/C13H18N2O3/c1-3-9-7-5-6-8-11(9)15-13(18)14-10(4-2)12(16)17/h5-8,10H,3-4H2,1-2H3,(H,16,17)(H2,14,15,18)/t10-/m0/s1. The van der Waals surface area contributed by atoms with Crippen LogP contribution in [0.2, 0.25) is 0 Å². The maximum absolute atomic E-state index is 11.7. The van der Waals surface area contributed by atoms with Gasteiger partial charge in [-0.3, -0.25) is 0 Å². The van der Waals surface area contributed by atoms with Crippen LogP contribution in [0.15, 0.2) is 24.3 Å². The van der Waals surface area contributed by atoms with Gasteiger partial charge in [-0.15, -0.1) is 0 Å². The number of carbonyl (C=O) groups is 2. The Hall–Kier alpha value is -2.04. The highest BCUT2D eigenvalue weighted by Crippen LogP contribution is 2.15. The van der Waals surface area contributed by atoms with Gasteiger partial charge in [0.1, 0.15) is 6.04 Å². The van der Waals surface area contributed by atoms with Crippen molar-refractivity contribution in [3.05, 3.63) is 29.8 Å². The Morgan fingerprint density at radius 1 is 1.28 bits per heavy atom. The number of carboxylic acids is 1. The molecule has 0 aliphatic carbocycles. The predicted molar refractivity (Wildman–Crippen MR) is 69.7 cm³/mol. The normalized spacial score (nSPS) is 11.7. The molecule has 0 fully saturated rings. The number of hydrogen-bond donors (Lipinski definition) is 3. The van der Waals surface area contributed by atoms with Crippen LogP contribution in [0.3, 0.4) is 0 Å². The SMILES string of the molecule is CCc1ccccc1NC(=O)N[C@@H](CC)C(=O)O. The number of aliphatic carboxylic acids is 1. The van der Waals surface area contributed by atoms with E-state index in [4.69, 9.17) is 5.11 Å². The molecule has 98 valence electrons. The molecule has 1 aromatic rings. The van der Waals surface area contributed by atoms with Crippen LogP contribution in [-0.2, 0) is 11.2 Å². The maximum Gasteiger partial charge on any atom is 0.326 e. The van der Waals surface area contributed by atoms with Gasteiger partial charge in [0.15, 0.2) is 0 Å². The largest absolute Gasteiger partial charge is 0.480 e. The number of rotatable bonds is 5. The number of amides is 2. The van der Waals surface area contributed by atoms with Crippen molar-refractivity contribution in [2.24, 2.45) is 0 Å². The second kappa shape index (κ2) is 6.64. The van der Waals surface area contributed by atoms with Gasteiger partial charge in [0.2, 0.25) is 0 Å². The van der Waals surface area contributed by atoms with E-state index < -0.39 is 18.0 Å². The minimum absolute atomic E-state index is 0.345. The van der Waals surface area contributed by atoms with E-state index in [1.807, 2.05) is 25.1 Å². The van der Waals surface area contributed by atoms with Gasteiger partial charge in [-0.1, -0.05) is 32.0 Å². The lowest BCUT2D eigenvalue weighted by Gasteiger charge is -2.14. The number of carbonyl (C=O) groups excluding carboxylic acids is 1. The average Bonchev–Trinajstić information content (AvgIpc) is 2.36. The van der Waals surface area contributed by atoms with Gasteiger partial charge in [-0.25, -0.2) is 9.59 Å². The van der Waals surface area contributed by atoms with Crippen LogP contribution in [0.25, 0.3) is 0 Å². The molecule has 0 unspecified atom stereocenters. The van der Waals surface area contributed by atoms with Gasteiger partial charge in [0, 0.05) is 5.69 Å². The summed E-state index contributed by atoms with van der Waals surface area (Å²) < 4.78 is 0. The fourth-order valence-corrected chi connectivity index (χ4v) is 1.61. The van der Waals surface area contributed by atoms with Crippen LogP contribution in [0.1, 0.15) is 25.8 Å². The van der Waals surface area contributed by atoms with E-state index >= 15 is 0 Å². The minimum Gasteiger partial charge on any atom is -0.480 e. The second-order valence-electron chi connectivity index (χ2n) is 3.91. The highest BCUT2D eigenvalue weighted by molar-refractivity contribution is 5.92. The first-order valence-electron chi connectivity index (χ1n) is 5.96. The van der Waals surface area contributed by atoms with Crippen molar-refractivity contribution in [1.82, 2.24) is 5.32 Å². The molecule has 3 N–H and O–H groups in total. The van der Waals surface area contributed by atoms with Crippen molar-refractivity contribution in [2.45, 2.75) is 32.7 Å². The molecule has 2 amide bonds. The van der Waals surface area contributed by atoms with Crippen LogP contribution in [0, 0.1) is 0 Å². The maximum atomic E-state index is 11.7. The minimum atomic E-state index is -1.03.